The number of thiazole rings is 1. The number of rotatable bonds is 4. The summed E-state index contributed by atoms with van der Waals surface area (Å²) in [5.41, 5.74) is 2.27. The second-order valence-corrected chi connectivity index (χ2v) is 4.68. The minimum atomic E-state index is 0.979. The number of nitrogens with one attached hydrogen (secondary N) is 1. The summed E-state index contributed by atoms with van der Waals surface area (Å²) in [5.74, 6) is 0. The van der Waals surface area contributed by atoms with Crippen LogP contribution in [-0.2, 0) is 12.8 Å². The second kappa shape index (κ2) is 5.07. The van der Waals surface area contributed by atoms with Crippen LogP contribution in [0.1, 0.15) is 16.3 Å². The zero-order valence-electron chi connectivity index (χ0n) is 9.53. The number of anilines is 1. The van der Waals surface area contributed by atoms with E-state index in [4.69, 9.17) is 0 Å². The van der Waals surface area contributed by atoms with E-state index in [1.165, 1.54) is 4.88 Å². The molecule has 0 saturated heterocycles. The molecule has 0 radical (unpaired) electrons. The van der Waals surface area contributed by atoms with Crippen molar-refractivity contribution >= 4 is 16.5 Å². The largest absolute Gasteiger partial charge is 0.365 e. The van der Waals surface area contributed by atoms with Gasteiger partial charge >= 0.3 is 0 Å². The van der Waals surface area contributed by atoms with Crippen LogP contribution in [0.2, 0.25) is 0 Å². The Bertz CT molecular complexity index is 451. The lowest BCUT2D eigenvalue weighted by atomic mass is 10.2. The average molecular weight is 233 g/mol. The van der Waals surface area contributed by atoms with Crippen molar-refractivity contribution in [2.75, 3.05) is 12.4 Å². The highest BCUT2D eigenvalue weighted by Crippen LogP contribution is 2.23. The predicted molar refractivity (Wildman–Crippen MR) is 68.0 cm³/mol. The molecule has 3 nitrogen and oxygen atoms in total. The summed E-state index contributed by atoms with van der Waals surface area (Å²) in [6, 6.07) is 6.04. The summed E-state index contributed by atoms with van der Waals surface area (Å²) >= 11 is 1.73. The molecule has 0 unspecified atom stereocenters. The molecule has 2 aromatic rings. The lowest BCUT2D eigenvalue weighted by Gasteiger charge is -1.98. The summed E-state index contributed by atoms with van der Waals surface area (Å²) in [4.78, 5) is 10.1. The molecule has 1 N–H and O–H groups in total. The van der Waals surface area contributed by atoms with Crippen molar-refractivity contribution < 1.29 is 0 Å². The maximum atomic E-state index is 4.43. The van der Waals surface area contributed by atoms with Crippen LogP contribution in [0.4, 0.5) is 5.13 Å². The van der Waals surface area contributed by atoms with Crippen molar-refractivity contribution in [1.29, 1.82) is 0 Å². The third-order valence-corrected chi connectivity index (χ3v) is 3.68. The third kappa shape index (κ3) is 2.58. The quantitative estimate of drug-likeness (QED) is 0.882. The van der Waals surface area contributed by atoms with E-state index in [9.17, 15) is 0 Å². The van der Waals surface area contributed by atoms with Gasteiger partial charge in [-0.2, -0.15) is 0 Å². The Hall–Kier alpha value is -1.42. The smallest absolute Gasteiger partial charge is 0.182 e. The molecule has 0 aliphatic carbocycles. The lowest BCUT2D eigenvalue weighted by molar-refractivity contribution is 0.917. The zero-order valence-corrected chi connectivity index (χ0v) is 10.3. The van der Waals surface area contributed by atoms with Crippen LogP contribution < -0.4 is 5.32 Å². The monoisotopic (exact) mass is 233 g/mol. The average Bonchev–Trinajstić information content (AvgIpc) is 2.69. The Morgan fingerprint density at radius 3 is 2.81 bits per heavy atom. The van der Waals surface area contributed by atoms with Crippen molar-refractivity contribution in [3.05, 3.63) is 40.7 Å². The minimum absolute atomic E-state index is 0.979. The highest BCUT2D eigenvalue weighted by atomic mass is 32.1. The van der Waals surface area contributed by atoms with Crippen LogP contribution in [0.25, 0.3) is 0 Å². The first kappa shape index (κ1) is 11.1. The molecular formula is C12H15N3S. The molecule has 0 aliphatic rings. The van der Waals surface area contributed by atoms with Gasteiger partial charge in [0.1, 0.15) is 0 Å². The molecule has 0 spiro atoms. The molecule has 0 aliphatic heterocycles. The van der Waals surface area contributed by atoms with Crippen LogP contribution in [0.5, 0.6) is 0 Å². The number of pyridine rings is 1. The molecule has 0 aromatic carbocycles. The van der Waals surface area contributed by atoms with E-state index in [1.54, 1.807) is 11.3 Å². The Kier molecular flexibility index (Phi) is 3.51. The van der Waals surface area contributed by atoms with Crippen LogP contribution in [0, 0.1) is 6.92 Å². The number of hydrogen-bond donors (Lipinski definition) is 1. The van der Waals surface area contributed by atoms with Crippen LogP contribution in [0.3, 0.4) is 0 Å². The number of nitrogens with zero attached hydrogens (tertiary/aromatic N) is 2. The Labute approximate surface area is 99.6 Å². The molecule has 2 aromatic heterocycles. The molecule has 0 fully saturated rings. The molecule has 0 amide bonds. The van der Waals surface area contributed by atoms with Gasteiger partial charge in [0.2, 0.25) is 0 Å². The van der Waals surface area contributed by atoms with Crippen LogP contribution >= 0.6 is 11.3 Å². The normalized spacial score (nSPS) is 10.4. The SMILES string of the molecule is CNc1nc(C)c(CCc2ccccn2)s1. The van der Waals surface area contributed by atoms with E-state index in [-0.39, 0.29) is 0 Å². The van der Waals surface area contributed by atoms with Gasteiger partial charge in [-0.15, -0.1) is 11.3 Å². The van der Waals surface area contributed by atoms with E-state index in [1.807, 2.05) is 25.4 Å². The van der Waals surface area contributed by atoms with E-state index in [2.05, 4.69) is 28.3 Å². The van der Waals surface area contributed by atoms with Gasteiger partial charge in [-0.3, -0.25) is 4.98 Å². The summed E-state index contributed by atoms with van der Waals surface area (Å²) in [7, 11) is 1.90. The van der Waals surface area contributed by atoms with Crippen molar-refractivity contribution in [3.8, 4) is 0 Å². The minimum Gasteiger partial charge on any atom is -0.365 e. The van der Waals surface area contributed by atoms with Gasteiger partial charge in [0.05, 0.1) is 5.69 Å². The molecule has 0 bridgehead atoms. The summed E-state index contributed by atoms with van der Waals surface area (Å²) in [6.45, 7) is 2.06. The molecule has 0 atom stereocenters. The Morgan fingerprint density at radius 2 is 2.19 bits per heavy atom. The van der Waals surface area contributed by atoms with Gasteiger partial charge in [0.15, 0.2) is 5.13 Å². The van der Waals surface area contributed by atoms with E-state index in [0.717, 1.165) is 29.4 Å². The fourth-order valence-electron chi connectivity index (χ4n) is 1.55. The van der Waals surface area contributed by atoms with E-state index in [0.29, 0.717) is 0 Å². The highest BCUT2D eigenvalue weighted by Gasteiger charge is 2.06. The van der Waals surface area contributed by atoms with Gasteiger partial charge in [-0.1, -0.05) is 6.07 Å². The third-order valence-electron chi connectivity index (χ3n) is 2.44. The van der Waals surface area contributed by atoms with Crippen molar-refractivity contribution in [1.82, 2.24) is 9.97 Å². The number of aryl methyl sites for hydroxylation is 3. The molecule has 0 saturated carbocycles. The van der Waals surface area contributed by atoms with Crippen molar-refractivity contribution in [3.63, 3.8) is 0 Å². The summed E-state index contributed by atoms with van der Waals surface area (Å²) in [5, 5.41) is 4.07. The first-order chi connectivity index (χ1) is 7.79. The van der Waals surface area contributed by atoms with Crippen molar-refractivity contribution in [2.45, 2.75) is 19.8 Å². The van der Waals surface area contributed by atoms with E-state index >= 15 is 0 Å². The van der Waals surface area contributed by atoms with Crippen LogP contribution in [0.15, 0.2) is 24.4 Å². The fourth-order valence-corrected chi connectivity index (χ4v) is 2.47. The molecule has 2 rings (SSSR count). The fraction of sp³-hybridized carbons (Fsp3) is 0.333. The van der Waals surface area contributed by atoms with Crippen LogP contribution in [-0.4, -0.2) is 17.0 Å². The van der Waals surface area contributed by atoms with Gasteiger partial charge < -0.3 is 5.32 Å². The van der Waals surface area contributed by atoms with Crippen molar-refractivity contribution in [2.24, 2.45) is 0 Å². The standard InChI is InChI=1S/C12H15N3S/c1-9-11(16-12(13-2)15-9)7-6-10-5-3-4-8-14-10/h3-5,8H,6-7H2,1-2H3,(H,13,15). The molecule has 4 heteroatoms. The maximum Gasteiger partial charge on any atom is 0.182 e. The molecular weight excluding hydrogens is 218 g/mol. The second-order valence-electron chi connectivity index (χ2n) is 3.60. The lowest BCUT2D eigenvalue weighted by Crippen LogP contribution is -1.93. The van der Waals surface area contributed by atoms with Gasteiger partial charge in [-0.25, -0.2) is 4.98 Å². The number of aromatic nitrogens is 2. The first-order valence-electron chi connectivity index (χ1n) is 5.33. The van der Waals surface area contributed by atoms with Gasteiger partial charge in [0.25, 0.3) is 0 Å². The summed E-state index contributed by atoms with van der Waals surface area (Å²) < 4.78 is 0. The zero-order chi connectivity index (χ0) is 11.4. The number of hydrogen-bond acceptors (Lipinski definition) is 4. The Balaban J connectivity index is 2.02. The maximum absolute atomic E-state index is 4.43. The Morgan fingerprint density at radius 1 is 1.31 bits per heavy atom. The topological polar surface area (TPSA) is 37.8 Å². The predicted octanol–water partition coefficient (Wildman–Crippen LogP) is 2.67. The molecule has 16 heavy (non-hydrogen) atoms. The first-order valence-corrected chi connectivity index (χ1v) is 6.15. The summed E-state index contributed by atoms with van der Waals surface area (Å²) in [6.07, 6.45) is 3.84. The van der Waals surface area contributed by atoms with Gasteiger partial charge in [-0.05, 0) is 31.9 Å². The van der Waals surface area contributed by atoms with Gasteiger partial charge in [0, 0.05) is 23.8 Å². The highest BCUT2D eigenvalue weighted by molar-refractivity contribution is 7.15. The van der Waals surface area contributed by atoms with E-state index < -0.39 is 0 Å². The molecule has 84 valence electrons. The molecule has 2 heterocycles.